The van der Waals surface area contributed by atoms with Gasteiger partial charge in [0.25, 0.3) is 0 Å². The van der Waals surface area contributed by atoms with E-state index >= 15 is 0 Å². The molecule has 4 heteroatoms. The van der Waals surface area contributed by atoms with Crippen molar-refractivity contribution in [2.24, 2.45) is 0 Å². The molecule has 0 aliphatic rings. The summed E-state index contributed by atoms with van der Waals surface area (Å²) in [4.78, 5) is 10.3. The zero-order chi connectivity index (χ0) is 15.1. The Morgan fingerprint density at radius 3 is 2.00 bits per heavy atom. The third-order valence-corrected chi connectivity index (χ3v) is 5.01. The van der Waals surface area contributed by atoms with Crippen LogP contribution in [0.25, 0.3) is 0 Å². The lowest BCUT2D eigenvalue weighted by Crippen LogP contribution is -1.86. The maximum absolute atomic E-state index is 10.3. The number of carbonyl (C=O) groups excluding carboxylic acids is 1. The molecule has 0 spiro atoms. The molecule has 0 amide bonds. The van der Waals surface area contributed by atoms with E-state index in [0.717, 1.165) is 31.9 Å². The van der Waals surface area contributed by atoms with Crippen LogP contribution in [0.3, 0.4) is 0 Å². The second-order valence-corrected chi connectivity index (χ2v) is 5.89. The molecule has 0 aliphatic heterocycles. The molecule has 0 saturated heterocycles. The van der Waals surface area contributed by atoms with Crippen LogP contribution >= 0.6 is 31.9 Å². The number of rotatable bonds is 2. The van der Waals surface area contributed by atoms with E-state index in [2.05, 4.69) is 31.9 Å². The Labute approximate surface area is 136 Å². The van der Waals surface area contributed by atoms with E-state index in [4.69, 9.17) is 5.11 Å². The fourth-order valence-corrected chi connectivity index (χ4v) is 2.34. The summed E-state index contributed by atoms with van der Waals surface area (Å²) in [5.41, 5.74) is 3.90. The molecular formula is C16H16Br2O2. The normalized spacial score (nSPS) is 9.65. The highest BCUT2D eigenvalue weighted by molar-refractivity contribution is 9.10. The van der Waals surface area contributed by atoms with Gasteiger partial charge in [0.1, 0.15) is 0 Å². The third-order valence-electron chi connectivity index (χ3n) is 2.79. The van der Waals surface area contributed by atoms with Crippen molar-refractivity contribution in [1.82, 2.24) is 0 Å². The molecule has 1 N–H and O–H groups in total. The highest BCUT2D eigenvalue weighted by Gasteiger charge is 1.99. The van der Waals surface area contributed by atoms with Crippen LogP contribution in [-0.4, -0.2) is 11.4 Å². The smallest absolute Gasteiger partial charge is 0.151 e. The van der Waals surface area contributed by atoms with E-state index in [1.807, 2.05) is 44.2 Å². The standard InChI is InChI=1S/C8H9BrO.C8H7BrO/c2*1-6-3-2-4-7(5-10)8(6)9/h2-4,10H,5H2,1H3;2-5H,1H3. The fourth-order valence-electron chi connectivity index (χ4n) is 1.59. The fraction of sp³-hybridized carbons (Fsp3) is 0.188. The van der Waals surface area contributed by atoms with Crippen LogP contribution in [0.1, 0.15) is 27.0 Å². The lowest BCUT2D eigenvalue weighted by Gasteiger charge is -2.01. The highest BCUT2D eigenvalue weighted by Crippen LogP contribution is 2.20. The van der Waals surface area contributed by atoms with Crippen molar-refractivity contribution in [2.75, 3.05) is 0 Å². The number of carbonyl (C=O) groups is 1. The number of aldehydes is 1. The van der Waals surface area contributed by atoms with Gasteiger partial charge in [0.05, 0.1) is 6.61 Å². The predicted molar refractivity (Wildman–Crippen MR) is 89.1 cm³/mol. The maximum atomic E-state index is 10.3. The van der Waals surface area contributed by atoms with Gasteiger partial charge in [-0.2, -0.15) is 0 Å². The Morgan fingerprint density at radius 1 is 1.00 bits per heavy atom. The molecule has 0 unspecified atom stereocenters. The zero-order valence-electron chi connectivity index (χ0n) is 11.4. The summed E-state index contributed by atoms with van der Waals surface area (Å²) >= 11 is 6.69. The quantitative estimate of drug-likeness (QED) is 0.735. The van der Waals surface area contributed by atoms with E-state index in [1.54, 1.807) is 6.07 Å². The molecule has 0 atom stereocenters. The van der Waals surface area contributed by atoms with Crippen molar-refractivity contribution in [1.29, 1.82) is 0 Å². The molecule has 0 saturated carbocycles. The lowest BCUT2D eigenvalue weighted by molar-refractivity contribution is 0.112. The van der Waals surface area contributed by atoms with Gasteiger partial charge in [-0.3, -0.25) is 4.79 Å². The van der Waals surface area contributed by atoms with Crippen molar-refractivity contribution < 1.29 is 9.90 Å². The van der Waals surface area contributed by atoms with E-state index in [1.165, 1.54) is 0 Å². The molecule has 2 aromatic carbocycles. The van der Waals surface area contributed by atoms with Crippen molar-refractivity contribution >= 4 is 38.1 Å². The Hall–Kier alpha value is -0.970. The zero-order valence-corrected chi connectivity index (χ0v) is 14.5. The number of hydrogen-bond donors (Lipinski definition) is 1. The molecule has 0 heterocycles. The summed E-state index contributed by atoms with van der Waals surface area (Å²) in [6.45, 7) is 4.06. The number of aryl methyl sites for hydroxylation is 2. The molecule has 106 valence electrons. The molecular weight excluding hydrogens is 384 g/mol. The minimum absolute atomic E-state index is 0.0995. The number of halogens is 2. The first-order chi connectivity index (χ1) is 9.51. The Bertz CT molecular complexity index is 595. The van der Waals surface area contributed by atoms with E-state index < -0.39 is 0 Å². The Kier molecular flexibility index (Phi) is 7.13. The van der Waals surface area contributed by atoms with Crippen molar-refractivity contribution in [3.8, 4) is 0 Å². The minimum Gasteiger partial charge on any atom is -0.392 e. The van der Waals surface area contributed by atoms with Gasteiger partial charge in [0.15, 0.2) is 6.29 Å². The monoisotopic (exact) mass is 398 g/mol. The van der Waals surface area contributed by atoms with Crippen molar-refractivity contribution in [2.45, 2.75) is 20.5 Å². The maximum Gasteiger partial charge on any atom is 0.151 e. The summed E-state index contributed by atoms with van der Waals surface area (Å²) in [6.07, 6.45) is 0.844. The topological polar surface area (TPSA) is 37.3 Å². The molecule has 2 nitrogen and oxygen atoms in total. The van der Waals surface area contributed by atoms with Gasteiger partial charge < -0.3 is 5.11 Å². The molecule has 0 fully saturated rings. The predicted octanol–water partition coefficient (Wildman–Crippen LogP) is 4.82. The minimum atomic E-state index is 0.0995. The Morgan fingerprint density at radius 2 is 1.55 bits per heavy atom. The van der Waals surface area contributed by atoms with Crippen LogP contribution in [0.4, 0.5) is 0 Å². The third kappa shape index (κ3) is 4.54. The van der Waals surface area contributed by atoms with Gasteiger partial charge in [0.2, 0.25) is 0 Å². The number of aliphatic hydroxyl groups excluding tert-OH is 1. The van der Waals surface area contributed by atoms with Gasteiger partial charge in [-0.15, -0.1) is 0 Å². The second-order valence-electron chi connectivity index (χ2n) is 4.30. The average molecular weight is 400 g/mol. The van der Waals surface area contributed by atoms with Crippen LogP contribution < -0.4 is 0 Å². The summed E-state index contributed by atoms with van der Waals surface area (Å²) in [5.74, 6) is 0. The van der Waals surface area contributed by atoms with Gasteiger partial charge in [-0.25, -0.2) is 0 Å². The average Bonchev–Trinajstić information content (AvgIpc) is 2.45. The number of benzene rings is 2. The van der Waals surface area contributed by atoms with Crippen LogP contribution in [0.5, 0.6) is 0 Å². The molecule has 0 radical (unpaired) electrons. The van der Waals surface area contributed by atoms with Crippen molar-refractivity contribution in [3.05, 3.63) is 67.6 Å². The van der Waals surface area contributed by atoms with E-state index in [9.17, 15) is 4.79 Å². The number of hydrogen-bond acceptors (Lipinski definition) is 2. The lowest BCUT2D eigenvalue weighted by atomic mass is 10.1. The van der Waals surface area contributed by atoms with Crippen LogP contribution in [0.2, 0.25) is 0 Å². The van der Waals surface area contributed by atoms with Crippen LogP contribution in [0.15, 0.2) is 45.3 Å². The number of aliphatic hydroxyl groups is 1. The highest BCUT2D eigenvalue weighted by atomic mass is 79.9. The first-order valence-electron chi connectivity index (χ1n) is 6.06. The molecule has 20 heavy (non-hydrogen) atoms. The molecule has 2 rings (SSSR count). The van der Waals surface area contributed by atoms with Crippen LogP contribution in [-0.2, 0) is 6.61 Å². The molecule has 0 aromatic heterocycles. The SMILES string of the molecule is Cc1cccc(C=O)c1Br.Cc1cccc(CO)c1Br. The van der Waals surface area contributed by atoms with Crippen molar-refractivity contribution in [3.63, 3.8) is 0 Å². The molecule has 0 bridgehead atoms. The Balaban J connectivity index is 0.000000200. The summed E-state index contributed by atoms with van der Waals surface area (Å²) in [6, 6.07) is 11.4. The summed E-state index contributed by atoms with van der Waals surface area (Å²) in [5, 5.41) is 8.81. The summed E-state index contributed by atoms with van der Waals surface area (Å²) in [7, 11) is 0. The molecule has 2 aromatic rings. The van der Waals surface area contributed by atoms with Gasteiger partial charge >= 0.3 is 0 Å². The summed E-state index contributed by atoms with van der Waals surface area (Å²) < 4.78 is 1.91. The van der Waals surface area contributed by atoms with E-state index in [0.29, 0.717) is 5.56 Å². The first kappa shape index (κ1) is 17.1. The second kappa shape index (κ2) is 8.35. The van der Waals surface area contributed by atoms with Gasteiger partial charge in [0, 0.05) is 14.5 Å². The van der Waals surface area contributed by atoms with E-state index in [-0.39, 0.29) is 6.61 Å². The largest absolute Gasteiger partial charge is 0.392 e. The first-order valence-corrected chi connectivity index (χ1v) is 7.65. The van der Waals surface area contributed by atoms with Crippen LogP contribution in [0, 0.1) is 13.8 Å². The molecule has 0 aliphatic carbocycles. The van der Waals surface area contributed by atoms with Gasteiger partial charge in [-0.1, -0.05) is 52.3 Å². The van der Waals surface area contributed by atoms with Gasteiger partial charge in [-0.05, 0) is 46.5 Å².